The van der Waals surface area contributed by atoms with Gasteiger partial charge in [0.25, 0.3) is 17.3 Å². The molecule has 0 saturated heterocycles. The molecule has 0 radical (unpaired) electrons. The molecular weight excluding hydrogens is 292 g/mol. The number of aromatic nitrogens is 4. The second-order valence-corrected chi connectivity index (χ2v) is 3.50. The lowest BCUT2D eigenvalue weighted by Crippen LogP contribution is -2.26. The molecule has 0 atom stereocenters. The fraction of sp³-hybridized carbons (Fsp3) is 0. The van der Waals surface area contributed by atoms with E-state index in [4.69, 9.17) is 5.73 Å². The maximum atomic E-state index is 12.9. The Hall–Kier alpha value is -3.24. The second-order valence-electron chi connectivity index (χ2n) is 3.50. The van der Waals surface area contributed by atoms with Crippen LogP contribution in [0.3, 0.4) is 0 Å². The number of primary amides is 1. The van der Waals surface area contributed by atoms with Crippen LogP contribution in [0.4, 0.5) is 8.78 Å². The van der Waals surface area contributed by atoms with E-state index in [9.17, 15) is 23.2 Å². The summed E-state index contributed by atoms with van der Waals surface area (Å²) >= 11 is 0. The number of hydrogen-bond donors (Lipinski definition) is 2. The molecule has 108 valence electrons. The van der Waals surface area contributed by atoms with Gasteiger partial charge in [-0.15, -0.1) is 0 Å². The number of aromatic amines is 1. The highest BCUT2D eigenvalue weighted by molar-refractivity contribution is 5.95. The predicted octanol–water partition coefficient (Wildman–Crippen LogP) is -0.844. The molecule has 0 aromatic carbocycles. The molecule has 0 bridgehead atoms. The van der Waals surface area contributed by atoms with E-state index in [1.165, 1.54) is 0 Å². The summed E-state index contributed by atoms with van der Waals surface area (Å²) in [6.07, 6.45) is 1.18. The Kier molecular flexibility index (Phi) is 3.65. The normalized spacial score (nSPS) is 10.2. The number of rotatable bonds is 3. The molecule has 2 heterocycles. The third-order valence-corrected chi connectivity index (χ3v) is 2.08. The van der Waals surface area contributed by atoms with Crippen molar-refractivity contribution in [3.63, 3.8) is 0 Å². The summed E-state index contributed by atoms with van der Waals surface area (Å²) in [5, 5.41) is 0. The van der Waals surface area contributed by atoms with Crippen LogP contribution in [0.25, 0.3) is 0 Å². The first-order valence-corrected chi connectivity index (χ1v) is 5.18. The molecule has 0 fully saturated rings. The van der Waals surface area contributed by atoms with E-state index in [-0.39, 0.29) is 0 Å². The minimum absolute atomic E-state index is 0.554. The Bertz CT molecular complexity index is 791. The Morgan fingerprint density at radius 2 is 1.86 bits per heavy atom. The number of carbonyl (C=O) groups is 2. The van der Waals surface area contributed by atoms with Crippen LogP contribution in [0.1, 0.15) is 21.0 Å². The molecule has 0 spiro atoms. The highest BCUT2D eigenvalue weighted by atomic mass is 19.1. The minimum Gasteiger partial charge on any atom is -0.400 e. The zero-order valence-electron chi connectivity index (χ0n) is 9.96. The van der Waals surface area contributed by atoms with E-state index in [1.807, 2.05) is 4.98 Å². The average Bonchev–Trinajstić information content (AvgIpc) is 2.43. The van der Waals surface area contributed by atoms with Gasteiger partial charge in [0, 0.05) is 0 Å². The highest BCUT2D eigenvalue weighted by Crippen LogP contribution is 2.13. The number of esters is 1. The number of halogens is 2. The number of hydrogen-bond acceptors (Lipinski definition) is 7. The zero-order chi connectivity index (χ0) is 15.6. The second kappa shape index (κ2) is 5.40. The first kappa shape index (κ1) is 14.2. The van der Waals surface area contributed by atoms with Crippen molar-refractivity contribution in [3.05, 3.63) is 46.0 Å². The van der Waals surface area contributed by atoms with Gasteiger partial charge in [0.15, 0.2) is 5.69 Å². The van der Waals surface area contributed by atoms with Crippen molar-refractivity contribution in [2.45, 2.75) is 0 Å². The Morgan fingerprint density at radius 3 is 2.52 bits per heavy atom. The van der Waals surface area contributed by atoms with E-state index in [0.29, 0.717) is 12.4 Å². The molecule has 2 aromatic heterocycles. The predicted molar refractivity (Wildman–Crippen MR) is 60.3 cm³/mol. The van der Waals surface area contributed by atoms with Crippen LogP contribution in [0, 0.1) is 11.9 Å². The molecule has 21 heavy (non-hydrogen) atoms. The molecule has 0 aliphatic carbocycles. The summed E-state index contributed by atoms with van der Waals surface area (Å²) in [4.78, 5) is 45.3. The standard InChI is InChI=1S/C10H5F2N5O4/c11-3-1-14-8(19)6(17-3)10(20)21-9-5(7(13)18)16-4(12)2-15-9/h1-2H,(H2,13,18)(H,14,19). The van der Waals surface area contributed by atoms with Crippen LogP contribution in [0.15, 0.2) is 17.2 Å². The fourth-order valence-electron chi connectivity index (χ4n) is 1.25. The van der Waals surface area contributed by atoms with Crippen LogP contribution in [0.2, 0.25) is 0 Å². The molecule has 0 aliphatic rings. The van der Waals surface area contributed by atoms with Gasteiger partial charge < -0.3 is 15.5 Å². The molecule has 9 nitrogen and oxygen atoms in total. The zero-order valence-corrected chi connectivity index (χ0v) is 9.96. The summed E-state index contributed by atoms with van der Waals surface area (Å²) in [5.41, 5.74) is 2.19. The summed E-state index contributed by atoms with van der Waals surface area (Å²) < 4.78 is 30.3. The van der Waals surface area contributed by atoms with E-state index in [1.54, 1.807) is 0 Å². The van der Waals surface area contributed by atoms with Gasteiger partial charge in [-0.25, -0.2) is 19.7 Å². The molecule has 3 N–H and O–H groups in total. The first-order chi connectivity index (χ1) is 9.88. The molecule has 2 aromatic rings. The minimum atomic E-state index is -1.42. The van der Waals surface area contributed by atoms with Crippen LogP contribution in [-0.2, 0) is 0 Å². The third kappa shape index (κ3) is 3.02. The van der Waals surface area contributed by atoms with Crippen LogP contribution < -0.4 is 16.0 Å². The quantitative estimate of drug-likeness (QED) is 0.703. The van der Waals surface area contributed by atoms with Gasteiger partial charge in [0.2, 0.25) is 17.6 Å². The van der Waals surface area contributed by atoms with E-state index < -0.39 is 46.6 Å². The van der Waals surface area contributed by atoms with E-state index >= 15 is 0 Å². The summed E-state index contributed by atoms with van der Waals surface area (Å²) in [7, 11) is 0. The number of H-pyrrole nitrogens is 1. The maximum Gasteiger partial charge on any atom is 0.369 e. The topological polar surface area (TPSA) is 141 Å². The number of nitrogens with one attached hydrogen (secondary N) is 1. The van der Waals surface area contributed by atoms with Gasteiger partial charge in [-0.05, 0) is 0 Å². The van der Waals surface area contributed by atoms with Gasteiger partial charge >= 0.3 is 5.97 Å². The van der Waals surface area contributed by atoms with Crippen molar-refractivity contribution in [2.75, 3.05) is 0 Å². The van der Waals surface area contributed by atoms with Crippen LogP contribution >= 0.6 is 0 Å². The Balaban J connectivity index is 2.38. The lowest BCUT2D eigenvalue weighted by atomic mass is 10.4. The van der Waals surface area contributed by atoms with Crippen molar-refractivity contribution < 1.29 is 23.1 Å². The van der Waals surface area contributed by atoms with E-state index in [2.05, 4.69) is 19.7 Å². The van der Waals surface area contributed by atoms with Crippen molar-refractivity contribution in [3.8, 4) is 5.88 Å². The molecule has 0 aliphatic heterocycles. The summed E-state index contributed by atoms with van der Waals surface area (Å²) in [6.45, 7) is 0. The van der Waals surface area contributed by atoms with Gasteiger partial charge in [-0.3, -0.25) is 9.59 Å². The van der Waals surface area contributed by atoms with Crippen LogP contribution in [0.5, 0.6) is 5.88 Å². The largest absolute Gasteiger partial charge is 0.400 e. The number of nitrogens with zero attached hydrogens (tertiary/aromatic N) is 3. The fourth-order valence-corrected chi connectivity index (χ4v) is 1.25. The first-order valence-electron chi connectivity index (χ1n) is 5.18. The highest BCUT2D eigenvalue weighted by Gasteiger charge is 2.22. The van der Waals surface area contributed by atoms with E-state index in [0.717, 1.165) is 0 Å². The maximum absolute atomic E-state index is 12.9. The van der Waals surface area contributed by atoms with Gasteiger partial charge in [-0.2, -0.15) is 8.78 Å². The summed E-state index contributed by atoms with van der Waals surface area (Å²) in [6, 6.07) is 0. The smallest absolute Gasteiger partial charge is 0.369 e. The summed E-state index contributed by atoms with van der Waals surface area (Å²) in [5.74, 6) is -5.64. The number of amides is 1. The van der Waals surface area contributed by atoms with Crippen molar-refractivity contribution in [1.29, 1.82) is 0 Å². The van der Waals surface area contributed by atoms with Crippen LogP contribution in [-0.4, -0.2) is 31.8 Å². The monoisotopic (exact) mass is 297 g/mol. The molecule has 2 rings (SSSR count). The Labute approximate surface area is 113 Å². The van der Waals surface area contributed by atoms with Crippen molar-refractivity contribution in [1.82, 2.24) is 19.9 Å². The van der Waals surface area contributed by atoms with Gasteiger partial charge in [0.1, 0.15) is 0 Å². The van der Waals surface area contributed by atoms with Crippen molar-refractivity contribution in [2.24, 2.45) is 5.73 Å². The number of ether oxygens (including phenoxy) is 1. The third-order valence-electron chi connectivity index (χ3n) is 2.08. The van der Waals surface area contributed by atoms with Gasteiger partial charge in [-0.1, -0.05) is 0 Å². The molecule has 0 saturated carbocycles. The lowest BCUT2D eigenvalue weighted by Gasteiger charge is -2.05. The molecule has 11 heteroatoms. The molecular formula is C10H5F2N5O4. The average molecular weight is 297 g/mol. The Morgan fingerprint density at radius 1 is 1.19 bits per heavy atom. The van der Waals surface area contributed by atoms with Gasteiger partial charge in [0.05, 0.1) is 12.4 Å². The molecule has 0 unspecified atom stereocenters. The molecule has 1 amide bonds. The van der Waals surface area contributed by atoms with Crippen molar-refractivity contribution >= 4 is 11.9 Å². The number of nitrogens with two attached hydrogens (primary N) is 1. The number of carbonyl (C=O) groups excluding carboxylic acids is 2. The lowest BCUT2D eigenvalue weighted by molar-refractivity contribution is 0.0713. The SMILES string of the molecule is NC(=O)c1nc(F)cnc1OC(=O)c1nc(F)c[nH]c1=O.